The number of para-hydroxylation sites is 1. The number of hydrogen-bond acceptors (Lipinski definition) is 7. The minimum absolute atomic E-state index is 0.0636. The molecule has 0 aliphatic carbocycles. The Morgan fingerprint density at radius 2 is 1.55 bits per heavy atom. The first kappa shape index (κ1) is 28.8. The van der Waals surface area contributed by atoms with Crippen LogP contribution in [0.15, 0.2) is 66.7 Å². The summed E-state index contributed by atoms with van der Waals surface area (Å²) in [5.74, 6) is 0.662. The van der Waals surface area contributed by atoms with Crippen LogP contribution in [0.5, 0.6) is 17.2 Å². The second-order valence-electron chi connectivity index (χ2n) is 10.6. The average Bonchev–Trinajstić information content (AvgIpc) is 3.26. The van der Waals surface area contributed by atoms with Gasteiger partial charge in [-0.15, -0.1) is 0 Å². The number of carbonyl (C=O) groups excluding carboxylic acids is 3. The van der Waals surface area contributed by atoms with Crippen LogP contribution in [-0.2, 0) is 9.59 Å². The average molecular weight is 573 g/mol. The number of amides is 3. The predicted octanol–water partition coefficient (Wildman–Crippen LogP) is 3.94. The maximum atomic E-state index is 14.0. The topological polar surface area (TPSA) is 101 Å². The molecular weight excluding hydrogens is 536 g/mol. The lowest BCUT2D eigenvalue weighted by atomic mass is 9.85. The predicted molar refractivity (Wildman–Crippen MR) is 159 cm³/mol. The molecule has 0 saturated carbocycles. The van der Waals surface area contributed by atoms with Gasteiger partial charge in [-0.1, -0.05) is 30.3 Å². The van der Waals surface area contributed by atoms with E-state index < -0.39 is 5.54 Å². The summed E-state index contributed by atoms with van der Waals surface area (Å²) in [5, 5.41) is 2.91. The Bertz CT molecular complexity index is 1440. The highest BCUT2D eigenvalue weighted by Crippen LogP contribution is 2.41. The first-order chi connectivity index (χ1) is 20.3. The smallest absolute Gasteiger partial charge is 0.254 e. The van der Waals surface area contributed by atoms with Gasteiger partial charge in [-0.2, -0.15) is 0 Å². The fourth-order valence-electron chi connectivity index (χ4n) is 5.89. The van der Waals surface area contributed by atoms with Gasteiger partial charge in [0.2, 0.25) is 11.7 Å². The molecule has 0 unspecified atom stereocenters. The molecule has 220 valence electrons. The summed E-state index contributed by atoms with van der Waals surface area (Å²) in [6, 6.07) is 20.6. The van der Waals surface area contributed by atoms with Gasteiger partial charge in [-0.05, 0) is 61.7 Å². The van der Waals surface area contributed by atoms with Crippen LogP contribution in [-0.4, -0.2) is 80.7 Å². The number of ether oxygens (including phenoxy) is 3. The van der Waals surface area contributed by atoms with Crippen LogP contribution in [0.1, 0.15) is 28.8 Å². The molecule has 10 heteroatoms. The Kier molecular flexibility index (Phi) is 8.24. The van der Waals surface area contributed by atoms with Crippen molar-refractivity contribution in [2.24, 2.45) is 0 Å². The summed E-state index contributed by atoms with van der Waals surface area (Å²) in [6.45, 7) is 2.92. The molecule has 2 aliphatic rings. The van der Waals surface area contributed by atoms with Crippen molar-refractivity contribution in [1.29, 1.82) is 0 Å². The second kappa shape index (κ2) is 12.0. The molecule has 3 amide bonds. The van der Waals surface area contributed by atoms with E-state index in [9.17, 15) is 14.4 Å². The molecule has 42 heavy (non-hydrogen) atoms. The fraction of sp³-hybridized carbons (Fsp3) is 0.344. The van der Waals surface area contributed by atoms with Crippen molar-refractivity contribution in [2.75, 3.05) is 57.8 Å². The molecule has 10 nitrogen and oxygen atoms in total. The number of aryl methyl sites for hydroxylation is 1. The van der Waals surface area contributed by atoms with Gasteiger partial charge in [0, 0.05) is 30.0 Å². The van der Waals surface area contributed by atoms with E-state index in [-0.39, 0.29) is 30.9 Å². The summed E-state index contributed by atoms with van der Waals surface area (Å²) in [4.78, 5) is 46.1. The van der Waals surface area contributed by atoms with Crippen LogP contribution in [0.25, 0.3) is 0 Å². The Balaban J connectivity index is 1.35. The highest BCUT2D eigenvalue weighted by atomic mass is 16.5. The molecular formula is C32H36N4O6. The van der Waals surface area contributed by atoms with Gasteiger partial charge in [0.15, 0.2) is 11.5 Å². The van der Waals surface area contributed by atoms with Crippen LogP contribution in [0.2, 0.25) is 0 Å². The number of carbonyl (C=O) groups is 3. The van der Waals surface area contributed by atoms with Crippen molar-refractivity contribution in [1.82, 2.24) is 9.80 Å². The highest BCUT2D eigenvalue weighted by Gasteiger charge is 2.54. The second-order valence-corrected chi connectivity index (χ2v) is 10.6. The molecule has 0 atom stereocenters. The summed E-state index contributed by atoms with van der Waals surface area (Å²) in [6.07, 6.45) is 0.847. The van der Waals surface area contributed by atoms with E-state index in [4.69, 9.17) is 14.2 Å². The molecule has 0 radical (unpaired) electrons. The molecule has 0 bridgehead atoms. The first-order valence-electron chi connectivity index (χ1n) is 13.9. The lowest BCUT2D eigenvalue weighted by molar-refractivity contribution is -0.136. The SMILES string of the molecule is COc1cc(C(=O)N2CCC3(CC2)C(=O)N(CC(=O)Nc2cccc(C)c2)CN3c2ccccc2)cc(OC)c1OC. The molecule has 1 spiro atoms. The number of rotatable bonds is 8. The third-order valence-electron chi connectivity index (χ3n) is 8.01. The number of methoxy groups -OCH3 is 3. The molecule has 2 heterocycles. The third kappa shape index (κ3) is 5.44. The van der Waals surface area contributed by atoms with Gasteiger partial charge in [0.05, 0.1) is 28.0 Å². The van der Waals surface area contributed by atoms with Crippen LogP contribution >= 0.6 is 0 Å². The van der Waals surface area contributed by atoms with E-state index in [1.165, 1.54) is 21.3 Å². The van der Waals surface area contributed by atoms with E-state index in [1.807, 2.05) is 61.5 Å². The lowest BCUT2D eigenvalue weighted by Gasteiger charge is -2.43. The third-order valence-corrected chi connectivity index (χ3v) is 8.01. The molecule has 0 aromatic heterocycles. The van der Waals surface area contributed by atoms with E-state index >= 15 is 0 Å². The van der Waals surface area contributed by atoms with Crippen LogP contribution in [0.4, 0.5) is 11.4 Å². The van der Waals surface area contributed by atoms with Crippen molar-refractivity contribution in [3.63, 3.8) is 0 Å². The van der Waals surface area contributed by atoms with Gasteiger partial charge in [-0.3, -0.25) is 14.4 Å². The number of nitrogens with zero attached hydrogens (tertiary/aromatic N) is 3. The van der Waals surface area contributed by atoms with Crippen LogP contribution < -0.4 is 24.4 Å². The summed E-state index contributed by atoms with van der Waals surface area (Å²) >= 11 is 0. The van der Waals surface area contributed by atoms with Gasteiger partial charge >= 0.3 is 0 Å². The van der Waals surface area contributed by atoms with E-state index in [1.54, 1.807) is 21.9 Å². The molecule has 2 saturated heterocycles. The molecule has 3 aromatic carbocycles. The zero-order valence-electron chi connectivity index (χ0n) is 24.4. The Morgan fingerprint density at radius 3 is 2.14 bits per heavy atom. The maximum absolute atomic E-state index is 14.0. The van der Waals surface area contributed by atoms with E-state index in [2.05, 4.69) is 10.2 Å². The molecule has 2 aliphatic heterocycles. The van der Waals surface area contributed by atoms with Crippen molar-refractivity contribution in [3.8, 4) is 17.2 Å². The Hall–Kier alpha value is -4.73. The number of anilines is 2. The van der Waals surface area contributed by atoms with Crippen LogP contribution in [0.3, 0.4) is 0 Å². The molecule has 2 fully saturated rings. The number of piperidine rings is 1. The zero-order chi connectivity index (χ0) is 29.9. The van der Waals surface area contributed by atoms with E-state index in [0.29, 0.717) is 54.4 Å². The minimum Gasteiger partial charge on any atom is -0.493 e. The highest BCUT2D eigenvalue weighted by molar-refractivity contribution is 6.00. The quantitative estimate of drug-likeness (QED) is 0.437. The van der Waals surface area contributed by atoms with Crippen molar-refractivity contribution >= 4 is 29.1 Å². The molecule has 5 rings (SSSR count). The molecule has 1 N–H and O–H groups in total. The summed E-state index contributed by atoms with van der Waals surface area (Å²) < 4.78 is 16.3. The fourth-order valence-corrected chi connectivity index (χ4v) is 5.89. The van der Waals surface area contributed by atoms with Gasteiger partial charge < -0.3 is 34.2 Å². The lowest BCUT2D eigenvalue weighted by Crippen LogP contribution is -2.57. The maximum Gasteiger partial charge on any atom is 0.254 e. The minimum atomic E-state index is -0.864. The van der Waals surface area contributed by atoms with Gasteiger partial charge in [-0.25, -0.2) is 0 Å². The Morgan fingerprint density at radius 1 is 0.881 bits per heavy atom. The number of hydrogen-bond donors (Lipinski definition) is 1. The normalized spacial score (nSPS) is 16.0. The van der Waals surface area contributed by atoms with Gasteiger partial charge in [0.1, 0.15) is 12.1 Å². The first-order valence-corrected chi connectivity index (χ1v) is 13.9. The molecule has 3 aromatic rings. The standard InChI is InChI=1S/C32H36N4O6/c1-22-9-8-10-24(17-22)33-28(37)20-35-21-36(25-11-6-5-7-12-25)32(31(35)39)13-15-34(16-14-32)30(38)23-18-26(40-2)29(42-4)27(19-23)41-3/h5-12,17-19H,13-16,20-21H2,1-4H3,(H,33,37). The number of nitrogens with one attached hydrogen (secondary N) is 1. The zero-order valence-corrected chi connectivity index (χ0v) is 24.4. The van der Waals surface area contributed by atoms with Crippen molar-refractivity contribution in [2.45, 2.75) is 25.3 Å². The summed E-state index contributed by atoms with van der Waals surface area (Å²) in [5.41, 5.74) is 2.17. The largest absolute Gasteiger partial charge is 0.493 e. The Labute approximate surface area is 245 Å². The van der Waals surface area contributed by atoms with Gasteiger partial charge in [0.25, 0.3) is 11.8 Å². The summed E-state index contributed by atoms with van der Waals surface area (Å²) in [7, 11) is 4.53. The number of benzene rings is 3. The van der Waals surface area contributed by atoms with E-state index in [0.717, 1.165) is 11.3 Å². The van der Waals surface area contributed by atoms with Crippen molar-refractivity contribution < 1.29 is 28.6 Å². The number of likely N-dealkylation sites (tertiary alicyclic amines) is 1. The van der Waals surface area contributed by atoms with Crippen LogP contribution in [0, 0.1) is 6.92 Å². The van der Waals surface area contributed by atoms with Crippen molar-refractivity contribution in [3.05, 3.63) is 77.9 Å². The monoisotopic (exact) mass is 572 g/mol.